The first-order chi connectivity index (χ1) is 7.92. The van der Waals surface area contributed by atoms with Crippen molar-refractivity contribution in [3.8, 4) is 0 Å². The van der Waals surface area contributed by atoms with Crippen molar-refractivity contribution in [1.29, 1.82) is 0 Å². The van der Waals surface area contributed by atoms with E-state index in [-0.39, 0.29) is 5.75 Å². The summed E-state index contributed by atoms with van der Waals surface area (Å²) in [6, 6.07) is -0.918. The summed E-state index contributed by atoms with van der Waals surface area (Å²) in [4.78, 5) is 11.1. The zero-order valence-electron chi connectivity index (χ0n) is 10.0. The van der Waals surface area contributed by atoms with E-state index in [4.69, 9.17) is 5.11 Å². The molecular weight excluding hydrogens is 242 g/mol. The van der Waals surface area contributed by atoms with Gasteiger partial charge in [0.15, 0.2) is 0 Å². The maximum atomic E-state index is 11.9. The molecule has 1 heterocycles. The number of carboxylic acids is 1. The number of hydrogen-bond donors (Lipinski definition) is 1. The van der Waals surface area contributed by atoms with Crippen molar-refractivity contribution in [3.63, 3.8) is 0 Å². The van der Waals surface area contributed by atoms with Crippen LogP contribution < -0.4 is 0 Å². The molecule has 0 radical (unpaired) electrons. The van der Waals surface area contributed by atoms with Crippen LogP contribution in [0.5, 0.6) is 0 Å². The molecule has 2 atom stereocenters. The summed E-state index contributed by atoms with van der Waals surface area (Å²) >= 11 is 0. The van der Waals surface area contributed by atoms with Gasteiger partial charge in [-0.05, 0) is 18.8 Å². The first-order valence-corrected chi connectivity index (χ1v) is 7.36. The van der Waals surface area contributed by atoms with Gasteiger partial charge in [-0.3, -0.25) is 4.79 Å². The summed E-state index contributed by atoms with van der Waals surface area (Å²) in [5.41, 5.74) is 0. The molecule has 0 aromatic carbocycles. The highest BCUT2D eigenvalue weighted by Crippen LogP contribution is 2.27. The van der Waals surface area contributed by atoms with E-state index in [0.29, 0.717) is 18.9 Å². The molecule has 17 heavy (non-hydrogen) atoms. The third kappa shape index (κ3) is 3.29. The minimum atomic E-state index is -3.52. The highest BCUT2D eigenvalue weighted by atomic mass is 32.2. The second-order valence-electron chi connectivity index (χ2n) is 4.33. The zero-order valence-corrected chi connectivity index (χ0v) is 10.8. The topological polar surface area (TPSA) is 74.7 Å². The minimum absolute atomic E-state index is 0.201. The fourth-order valence-corrected chi connectivity index (χ4v) is 3.63. The van der Waals surface area contributed by atoms with Gasteiger partial charge in [0.1, 0.15) is 6.04 Å². The Morgan fingerprint density at radius 3 is 2.71 bits per heavy atom. The van der Waals surface area contributed by atoms with E-state index in [9.17, 15) is 13.2 Å². The van der Waals surface area contributed by atoms with Gasteiger partial charge in [-0.25, -0.2) is 8.42 Å². The van der Waals surface area contributed by atoms with Gasteiger partial charge in [-0.15, -0.1) is 6.58 Å². The molecule has 1 aliphatic rings. The SMILES string of the molecule is C=CCS(=O)(=O)N1CCC(CC)CC1C(=O)O. The molecule has 6 heteroatoms. The normalized spacial score (nSPS) is 26.6. The van der Waals surface area contributed by atoms with E-state index in [1.165, 1.54) is 6.08 Å². The van der Waals surface area contributed by atoms with Gasteiger partial charge < -0.3 is 5.11 Å². The second kappa shape index (κ2) is 5.64. The van der Waals surface area contributed by atoms with E-state index in [1.54, 1.807) is 0 Å². The summed E-state index contributed by atoms with van der Waals surface area (Å²) in [5, 5.41) is 9.12. The number of hydrogen-bond acceptors (Lipinski definition) is 3. The van der Waals surface area contributed by atoms with Gasteiger partial charge >= 0.3 is 5.97 Å². The molecule has 0 spiro atoms. The average molecular weight is 261 g/mol. The zero-order chi connectivity index (χ0) is 13.1. The Balaban J connectivity index is 2.91. The summed E-state index contributed by atoms with van der Waals surface area (Å²) in [6.45, 7) is 5.68. The predicted octanol–water partition coefficient (Wildman–Crippen LogP) is 1.08. The van der Waals surface area contributed by atoms with Gasteiger partial charge in [0.25, 0.3) is 0 Å². The highest BCUT2D eigenvalue weighted by Gasteiger charge is 2.38. The van der Waals surface area contributed by atoms with Crippen LogP contribution in [-0.4, -0.2) is 42.1 Å². The van der Waals surface area contributed by atoms with Crippen molar-refractivity contribution in [2.75, 3.05) is 12.3 Å². The first-order valence-electron chi connectivity index (χ1n) is 5.75. The Kier molecular flexibility index (Phi) is 4.70. The van der Waals surface area contributed by atoms with Crippen LogP contribution in [0.3, 0.4) is 0 Å². The Morgan fingerprint density at radius 1 is 1.59 bits per heavy atom. The lowest BCUT2D eigenvalue weighted by Gasteiger charge is -2.35. The van der Waals surface area contributed by atoms with Gasteiger partial charge in [0, 0.05) is 6.54 Å². The fourth-order valence-electron chi connectivity index (χ4n) is 2.19. The number of sulfonamides is 1. The van der Waals surface area contributed by atoms with E-state index in [0.717, 1.165) is 17.1 Å². The van der Waals surface area contributed by atoms with Crippen LogP contribution in [-0.2, 0) is 14.8 Å². The number of carboxylic acid groups (broad SMARTS) is 1. The Labute approximate surface area is 102 Å². The van der Waals surface area contributed by atoms with E-state index in [1.807, 2.05) is 6.92 Å². The molecule has 0 aromatic heterocycles. The van der Waals surface area contributed by atoms with Crippen LogP contribution in [0, 0.1) is 5.92 Å². The third-order valence-electron chi connectivity index (χ3n) is 3.21. The quantitative estimate of drug-likeness (QED) is 0.751. The van der Waals surface area contributed by atoms with Crippen LogP contribution in [0.4, 0.5) is 0 Å². The van der Waals surface area contributed by atoms with E-state index < -0.39 is 22.0 Å². The number of piperidine rings is 1. The van der Waals surface area contributed by atoms with E-state index in [2.05, 4.69) is 6.58 Å². The number of rotatable bonds is 5. The lowest BCUT2D eigenvalue weighted by atomic mass is 9.90. The van der Waals surface area contributed by atoms with Gasteiger partial charge in [-0.1, -0.05) is 19.4 Å². The van der Waals surface area contributed by atoms with Gasteiger partial charge in [0.2, 0.25) is 10.0 Å². The van der Waals surface area contributed by atoms with Crippen molar-refractivity contribution in [2.24, 2.45) is 5.92 Å². The van der Waals surface area contributed by atoms with Crippen LogP contribution in [0.2, 0.25) is 0 Å². The maximum Gasteiger partial charge on any atom is 0.322 e. The lowest BCUT2D eigenvalue weighted by molar-refractivity contribution is -0.143. The standard InChI is InChI=1S/C11H19NO4S/c1-3-7-17(15,16)12-6-5-9(4-2)8-10(12)11(13)14/h3,9-10H,1,4-8H2,2H3,(H,13,14). The Hall–Kier alpha value is -0.880. The molecule has 0 aliphatic carbocycles. The lowest BCUT2D eigenvalue weighted by Crippen LogP contribution is -2.50. The van der Waals surface area contributed by atoms with Gasteiger partial charge in [0.05, 0.1) is 5.75 Å². The summed E-state index contributed by atoms with van der Waals surface area (Å²) in [5.74, 6) is -0.963. The summed E-state index contributed by atoms with van der Waals surface area (Å²) < 4.78 is 24.9. The van der Waals surface area contributed by atoms with Crippen LogP contribution >= 0.6 is 0 Å². The monoisotopic (exact) mass is 261 g/mol. The number of carbonyl (C=O) groups is 1. The Bertz CT molecular complexity index is 390. The Morgan fingerprint density at radius 2 is 2.24 bits per heavy atom. The summed E-state index contributed by atoms with van der Waals surface area (Å²) in [7, 11) is -3.52. The number of nitrogens with zero attached hydrogens (tertiary/aromatic N) is 1. The molecule has 0 aromatic rings. The molecule has 2 unspecified atom stereocenters. The van der Waals surface area contributed by atoms with Crippen molar-refractivity contribution in [1.82, 2.24) is 4.31 Å². The molecule has 5 nitrogen and oxygen atoms in total. The second-order valence-corrected chi connectivity index (χ2v) is 6.30. The van der Waals surface area contributed by atoms with Crippen LogP contribution in [0.15, 0.2) is 12.7 Å². The molecule has 1 aliphatic heterocycles. The molecular formula is C11H19NO4S. The third-order valence-corrected chi connectivity index (χ3v) is 5.02. The van der Waals surface area contributed by atoms with Crippen molar-refractivity contribution >= 4 is 16.0 Å². The van der Waals surface area contributed by atoms with Crippen molar-refractivity contribution in [2.45, 2.75) is 32.2 Å². The molecule has 98 valence electrons. The van der Waals surface area contributed by atoms with Crippen molar-refractivity contribution < 1.29 is 18.3 Å². The van der Waals surface area contributed by atoms with Crippen LogP contribution in [0.1, 0.15) is 26.2 Å². The fraction of sp³-hybridized carbons (Fsp3) is 0.727. The number of aliphatic carboxylic acids is 1. The molecule has 1 fully saturated rings. The molecule has 1 rings (SSSR count). The van der Waals surface area contributed by atoms with Crippen LogP contribution in [0.25, 0.3) is 0 Å². The molecule has 1 saturated heterocycles. The average Bonchev–Trinajstić information content (AvgIpc) is 2.28. The minimum Gasteiger partial charge on any atom is -0.480 e. The molecule has 0 bridgehead atoms. The summed E-state index contributed by atoms with van der Waals surface area (Å²) in [6.07, 6.45) is 3.32. The molecule has 0 saturated carbocycles. The van der Waals surface area contributed by atoms with Gasteiger partial charge in [-0.2, -0.15) is 4.31 Å². The van der Waals surface area contributed by atoms with E-state index >= 15 is 0 Å². The van der Waals surface area contributed by atoms with Crippen molar-refractivity contribution in [3.05, 3.63) is 12.7 Å². The molecule has 0 amide bonds. The highest BCUT2D eigenvalue weighted by molar-refractivity contribution is 7.89. The molecule has 1 N–H and O–H groups in total. The first kappa shape index (κ1) is 14.2. The smallest absolute Gasteiger partial charge is 0.322 e. The largest absolute Gasteiger partial charge is 0.480 e. The predicted molar refractivity (Wildman–Crippen MR) is 65.1 cm³/mol. The maximum absolute atomic E-state index is 11.9.